The lowest BCUT2D eigenvalue weighted by molar-refractivity contribution is 0.459. The van der Waals surface area contributed by atoms with Gasteiger partial charge in [0, 0.05) is 20.8 Å². The molecule has 0 spiro atoms. The third-order valence-electron chi connectivity index (χ3n) is 3.51. The molecule has 118 valence electrons. The number of aromatic amines is 1. The third-order valence-corrected chi connectivity index (χ3v) is 4.73. The Labute approximate surface area is 149 Å². The van der Waals surface area contributed by atoms with Crippen LogP contribution in [0.5, 0.6) is 5.88 Å². The van der Waals surface area contributed by atoms with Gasteiger partial charge >= 0.3 is 0 Å². The first kappa shape index (κ1) is 15.0. The number of aromatic hydroxyl groups is 1. The smallest absolute Gasteiger partial charge is 0.230 e. The van der Waals surface area contributed by atoms with Gasteiger partial charge in [0.05, 0.1) is 11.2 Å². The lowest BCUT2D eigenvalue weighted by atomic mass is 10.2. The highest BCUT2D eigenvalue weighted by Gasteiger charge is 2.11. The van der Waals surface area contributed by atoms with Crippen molar-refractivity contribution >= 4 is 49.0 Å². The molecule has 0 amide bonds. The Morgan fingerprint density at radius 3 is 2.75 bits per heavy atom. The first-order chi connectivity index (χ1) is 11.7. The zero-order chi connectivity index (χ0) is 16.5. The van der Waals surface area contributed by atoms with Gasteiger partial charge in [0.15, 0.2) is 5.69 Å². The second-order valence-corrected chi connectivity index (χ2v) is 6.85. The van der Waals surface area contributed by atoms with Crippen LogP contribution in [0.15, 0.2) is 68.6 Å². The predicted molar refractivity (Wildman–Crippen MR) is 99.4 cm³/mol. The summed E-state index contributed by atoms with van der Waals surface area (Å²) in [6.07, 6.45) is 0. The zero-order valence-electron chi connectivity index (χ0n) is 12.3. The van der Waals surface area contributed by atoms with Crippen LogP contribution in [0.2, 0.25) is 0 Å². The normalized spacial score (nSPS) is 11.5. The number of thiazole rings is 1. The Kier molecular flexibility index (Phi) is 3.87. The SMILES string of the molecule is Oc1[nH]c2ccc(Br)cc2c1N=Nc1nc(-c2ccccc2)cs1. The Hall–Kier alpha value is -2.51. The average Bonchev–Trinajstić information content (AvgIpc) is 3.18. The number of hydrogen-bond donors (Lipinski definition) is 2. The second-order valence-electron chi connectivity index (χ2n) is 5.09. The molecule has 0 aliphatic heterocycles. The van der Waals surface area contributed by atoms with Crippen LogP contribution < -0.4 is 0 Å². The van der Waals surface area contributed by atoms with Gasteiger partial charge in [0.1, 0.15) is 0 Å². The molecule has 2 aromatic heterocycles. The summed E-state index contributed by atoms with van der Waals surface area (Å²) in [6, 6.07) is 15.6. The van der Waals surface area contributed by atoms with Crippen molar-refractivity contribution in [1.82, 2.24) is 9.97 Å². The third kappa shape index (κ3) is 2.83. The highest BCUT2D eigenvalue weighted by molar-refractivity contribution is 9.10. The second kappa shape index (κ2) is 6.18. The van der Waals surface area contributed by atoms with E-state index in [-0.39, 0.29) is 5.88 Å². The van der Waals surface area contributed by atoms with Gasteiger partial charge in [-0.1, -0.05) is 46.3 Å². The van der Waals surface area contributed by atoms with E-state index >= 15 is 0 Å². The van der Waals surface area contributed by atoms with Crippen LogP contribution in [-0.2, 0) is 0 Å². The Bertz CT molecular complexity index is 1040. The Balaban J connectivity index is 1.68. The van der Waals surface area contributed by atoms with E-state index in [1.54, 1.807) is 0 Å². The van der Waals surface area contributed by atoms with Gasteiger partial charge in [0.2, 0.25) is 11.0 Å². The molecule has 4 rings (SSSR count). The van der Waals surface area contributed by atoms with Crippen molar-refractivity contribution in [3.8, 4) is 17.1 Å². The Morgan fingerprint density at radius 2 is 1.92 bits per heavy atom. The lowest BCUT2D eigenvalue weighted by Gasteiger charge is -1.93. The minimum absolute atomic E-state index is 0.00770. The van der Waals surface area contributed by atoms with Gasteiger partial charge in [-0.15, -0.1) is 21.6 Å². The molecule has 24 heavy (non-hydrogen) atoms. The first-order valence-electron chi connectivity index (χ1n) is 7.13. The summed E-state index contributed by atoms with van der Waals surface area (Å²) in [5, 5.41) is 21.7. The number of hydrogen-bond acceptors (Lipinski definition) is 5. The van der Waals surface area contributed by atoms with Crippen molar-refractivity contribution in [3.05, 3.63) is 58.4 Å². The quantitative estimate of drug-likeness (QED) is 0.404. The number of nitrogens with zero attached hydrogens (tertiary/aromatic N) is 3. The zero-order valence-corrected chi connectivity index (χ0v) is 14.7. The minimum Gasteiger partial charge on any atom is -0.493 e. The van der Waals surface area contributed by atoms with Gasteiger partial charge < -0.3 is 10.1 Å². The molecule has 2 heterocycles. The van der Waals surface area contributed by atoms with E-state index in [2.05, 4.69) is 36.1 Å². The summed E-state index contributed by atoms with van der Waals surface area (Å²) in [6.45, 7) is 0. The van der Waals surface area contributed by atoms with Gasteiger partial charge in [0.25, 0.3) is 0 Å². The van der Waals surface area contributed by atoms with E-state index in [4.69, 9.17) is 0 Å². The van der Waals surface area contributed by atoms with E-state index in [1.807, 2.05) is 53.9 Å². The number of rotatable bonds is 3. The summed E-state index contributed by atoms with van der Waals surface area (Å²) in [5.41, 5.74) is 3.10. The fourth-order valence-corrected chi connectivity index (χ4v) is 3.39. The van der Waals surface area contributed by atoms with E-state index in [1.165, 1.54) is 11.3 Å². The summed E-state index contributed by atoms with van der Waals surface area (Å²) in [4.78, 5) is 7.35. The fraction of sp³-hybridized carbons (Fsp3) is 0. The molecule has 5 nitrogen and oxygen atoms in total. The molecule has 0 saturated carbocycles. The molecule has 4 aromatic rings. The van der Waals surface area contributed by atoms with Gasteiger partial charge in [-0.3, -0.25) is 0 Å². The van der Waals surface area contributed by atoms with Crippen LogP contribution >= 0.6 is 27.3 Å². The highest BCUT2D eigenvalue weighted by Crippen LogP contribution is 2.38. The fourth-order valence-electron chi connectivity index (χ4n) is 2.38. The van der Waals surface area contributed by atoms with E-state index in [9.17, 15) is 5.11 Å². The number of fused-ring (bicyclic) bond motifs is 1. The standard InChI is InChI=1S/C17H11BrN4OS/c18-11-6-7-13-12(8-11)15(16(23)19-13)21-22-17-20-14(9-24-17)10-4-2-1-3-5-10/h1-9,19,23H. The van der Waals surface area contributed by atoms with Crippen LogP contribution in [0.3, 0.4) is 0 Å². The largest absolute Gasteiger partial charge is 0.493 e. The monoisotopic (exact) mass is 398 g/mol. The molecule has 0 atom stereocenters. The van der Waals surface area contributed by atoms with Crippen LogP contribution in [0.25, 0.3) is 22.2 Å². The minimum atomic E-state index is -0.00770. The number of aromatic nitrogens is 2. The maximum Gasteiger partial charge on any atom is 0.230 e. The molecule has 0 bridgehead atoms. The Morgan fingerprint density at radius 1 is 1.08 bits per heavy atom. The molecule has 0 aliphatic rings. The van der Waals surface area contributed by atoms with Crippen LogP contribution in [0.4, 0.5) is 10.8 Å². The van der Waals surface area contributed by atoms with Crippen molar-refractivity contribution in [2.45, 2.75) is 0 Å². The van der Waals surface area contributed by atoms with Crippen LogP contribution in [0, 0.1) is 0 Å². The van der Waals surface area contributed by atoms with Gasteiger partial charge in [-0.05, 0) is 18.2 Å². The van der Waals surface area contributed by atoms with E-state index in [0.29, 0.717) is 10.8 Å². The number of azo groups is 1. The molecule has 0 radical (unpaired) electrons. The first-order valence-corrected chi connectivity index (χ1v) is 8.81. The molecule has 2 aromatic carbocycles. The molecular formula is C17H11BrN4OS. The summed E-state index contributed by atoms with van der Waals surface area (Å²) in [5.74, 6) is -0.00770. The maximum atomic E-state index is 10.0. The predicted octanol–water partition coefficient (Wildman–Crippen LogP) is 6.17. The molecule has 7 heteroatoms. The highest BCUT2D eigenvalue weighted by atomic mass is 79.9. The van der Waals surface area contributed by atoms with Crippen molar-refractivity contribution in [3.63, 3.8) is 0 Å². The van der Waals surface area contributed by atoms with Gasteiger partial charge in [-0.2, -0.15) is 0 Å². The number of benzene rings is 2. The van der Waals surface area contributed by atoms with E-state index in [0.717, 1.165) is 26.6 Å². The summed E-state index contributed by atoms with van der Waals surface area (Å²) < 4.78 is 0.908. The average molecular weight is 399 g/mol. The molecule has 0 fully saturated rings. The topological polar surface area (TPSA) is 73.6 Å². The lowest BCUT2D eigenvalue weighted by Crippen LogP contribution is -1.74. The van der Waals surface area contributed by atoms with E-state index < -0.39 is 0 Å². The summed E-state index contributed by atoms with van der Waals surface area (Å²) >= 11 is 4.83. The molecule has 2 N–H and O–H groups in total. The molecule has 0 saturated heterocycles. The molecular weight excluding hydrogens is 388 g/mol. The maximum absolute atomic E-state index is 10.0. The van der Waals surface area contributed by atoms with Crippen molar-refractivity contribution < 1.29 is 5.11 Å². The van der Waals surface area contributed by atoms with Gasteiger partial charge in [-0.25, -0.2) is 4.98 Å². The number of halogens is 1. The van der Waals surface area contributed by atoms with Crippen LogP contribution in [-0.4, -0.2) is 15.1 Å². The van der Waals surface area contributed by atoms with Crippen molar-refractivity contribution in [2.24, 2.45) is 10.2 Å². The molecule has 0 unspecified atom stereocenters. The molecule has 0 aliphatic carbocycles. The van der Waals surface area contributed by atoms with Crippen molar-refractivity contribution in [1.29, 1.82) is 0 Å². The number of nitrogens with one attached hydrogen (secondary N) is 1. The van der Waals surface area contributed by atoms with Crippen LogP contribution in [0.1, 0.15) is 0 Å². The number of H-pyrrole nitrogens is 1. The van der Waals surface area contributed by atoms with Crippen molar-refractivity contribution in [2.75, 3.05) is 0 Å². The summed E-state index contributed by atoms with van der Waals surface area (Å²) in [7, 11) is 0.